The van der Waals surface area contributed by atoms with Gasteiger partial charge in [0, 0.05) is 0 Å². The molecule has 0 bridgehead atoms. The Labute approximate surface area is 106 Å². The van der Waals surface area contributed by atoms with Crippen molar-refractivity contribution in [3.8, 4) is 0 Å². The largest absolute Gasteiger partial charge is 0.383 e. The Hall–Kier alpha value is -1.42. The summed E-state index contributed by atoms with van der Waals surface area (Å²) < 4.78 is 1.85. The summed E-state index contributed by atoms with van der Waals surface area (Å²) in [4.78, 5) is 1.07. The monoisotopic (exact) mass is 247 g/mol. The molecule has 0 spiro atoms. The van der Waals surface area contributed by atoms with Gasteiger partial charge in [-0.15, -0.1) is 11.8 Å². The molecule has 0 saturated carbocycles. The van der Waals surface area contributed by atoms with E-state index in [1.54, 1.807) is 11.8 Å². The summed E-state index contributed by atoms with van der Waals surface area (Å²) in [6, 6.07) is 8.41. The lowest BCUT2D eigenvalue weighted by Crippen LogP contribution is -2.06. The molecule has 0 aliphatic carbocycles. The second-order valence-electron chi connectivity index (χ2n) is 3.97. The van der Waals surface area contributed by atoms with Crippen LogP contribution in [0.3, 0.4) is 0 Å². The van der Waals surface area contributed by atoms with Gasteiger partial charge in [0.1, 0.15) is 5.82 Å². The average Bonchev–Trinajstić information content (AvgIpc) is 2.62. The van der Waals surface area contributed by atoms with E-state index in [2.05, 4.69) is 43.2 Å². The molecule has 0 radical (unpaired) electrons. The second kappa shape index (κ2) is 5.27. The first-order valence-corrected chi connectivity index (χ1v) is 6.69. The van der Waals surface area contributed by atoms with Crippen molar-refractivity contribution in [2.45, 2.75) is 25.3 Å². The van der Waals surface area contributed by atoms with Crippen LogP contribution >= 0.6 is 11.8 Å². The molecule has 1 aromatic carbocycles. The van der Waals surface area contributed by atoms with E-state index in [0.717, 1.165) is 23.0 Å². The van der Waals surface area contributed by atoms with Gasteiger partial charge in [0.2, 0.25) is 0 Å². The van der Waals surface area contributed by atoms with Gasteiger partial charge in [0.05, 0.1) is 17.6 Å². The summed E-state index contributed by atoms with van der Waals surface area (Å²) in [6.45, 7) is 4.94. The van der Waals surface area contributed by atoms with E-state index < -0.39 is 0 Å². The molecular formula is C13H17N3S. The lowest BCUT2D eigenvalue weighted by atomic mass is 10.1. The number of nitrogens with zero attached hydrogens (tertiary/aromatic N) is 2. The van der Waals surface area contributed by atoms with Crippen molar-refractivity contribution < 1.29 is 0 Å². The van der Waals surface area contributed by atoms with Gasteiger partial charge in [0.25, 0.3) is 0 Å². The molecule has 0 aliphatic rings. The van der Waals surface area contributed by atoms with Gasteiger partial charge in [-0.1, -0.05) is 36.8 Å². The first-order valence-electron chi connectivity index (χ1n) is 5.70. The predicted molar refractivity (Wildman–Crippen MR) is 73.3 cm³/mol. The van der Waals surface area contributed by atoms with Crippen molar-refractivity contribution >= 4 is 17.6 Å². The van der Waals surface area contributed by atoms with E-state index in [9.17, 15) is 0 Å². The van der Waals surface area contributed by atoms with Gasteiger partial charge in [-0.3, -0.25) is 0 Å². The van der Waals surface area contributed by atoms with Crippen molar-refractivity contribution in [2.24, 2.45) is 0 Å². The second-order valence-corrected chi connectivity index (χ2v) is 5.28. The van der Waals surface area contributed by atoms with E-state index in [-0.39, 0.29) is 0 Å². The van der Waals surface area contributed by atoms with Crippen molar-refractivity contribution in [3.05, 3.63) is 41.6 Å². The molecule has 2 N–H and O–H groups in total. The highest BCUT2D eigenvalue weighted by molar-refractivity contribution is 7.99. The van der Waals surface area contributed by atoms with Crippen LogP contribution in [0.1, 0.15) is 18.1 Å². The van der Waals surface area contributed by atoms with Crippen LogP contribution in [-0.2, 0) is 6.54 Å². The number of thioether (sulfide) groups is 1. The summed E-state index contributed by atoms with van der Waals surface area (Å²) in [7, 11) is 0. The highest BCUT2D eigenvalue weighted by Gasteiger charge is 2.07. The van der Waals surface area contributed by atoms with Crippen LogP contribution in [0.5, 0.6) is 0 Å². The zero-order valence-electron chi connectivity index (χ0n) is 10.2. The Bertz CT molecular complexity index is 505. The molecule has 0 amide bonds. The molecular weight excluding hydrogens is 230 g/mol. The first kappa shape index (κ1) is 12.0. The van der Waals surface area contributed by atoms with Crippen LogP contribution in [0.2, 0.25) is 0 Å². The Morgan fingerprint density at radius 3 is 2.94 bits per heavy atom. The zero-order valence-corrected chi connectivity index (χ0v) is 11.0. The number of rotatable bonds is 4. The smallest absolute Gasteiger partial charge is 0.135 e. The molecule has 0 unspecified atom stereocenters. The van der Waals surface area contributed by atoms with Crippen LogP contribution in [0.25, 0.3) is 0 Å². The van der Waals surface area contributed by atoms with Crippen LogP contribution in [-0.4, -0.2) is 15.5 Å². The zero-order chi connectivity index (χ0) is 12.3. The highest BCUT2D eigenvalue weighted by atomic mass is 32.2. The third kappa shape index (κ3) is 2.82. The minimum atomic E-state index is 0.734. The Balaban J connectivity index is 2.19. The summed E-state index contributed by atoms with van der Waals surface area (Å²) in [5.41, 5.74) is 8.54. The minimum Gasteiger partial charge on any atom is -0.383 e. The molecule has 2 aromatic rings. The van der Waals surface area contributed by atoms with E-state index in [1.807, 2.05) is 10.9 Å². The number of nitrogen functional groups attached to an aromatic ring is 1. The molecule has 4 heteroatoms. The lowest BCUT2D eigenvalue weighted by Gasteiger charge is -2.06. The molecule has 0 aliphatic heterocycles. The van der Waals surface area contributed by atoms with Crippen LogP contribution in [0.15, 0.2) is 35.4 Å². The van der Waals surface area contributed by atoms with E-state index >= 15 is 0 Å². The van der Waals surface area contributed by atoms with Crippen molar-refractivity contribution in [1.82, 2.24) is 9.78 Å². The summed E-state index contributed by atoms with van der Waals surface area (Å²) in [6.07, 6.45) is 1.85. The molecule has 0 atom stereocenters. The fourth-order valence-electron chi connectivity index (χ4n) is 1.75. The lowest BCUT2D eigenvalue weighted by molar-refractivity contribution is 0.696. The number of nitrogens with two attached hydrogens (primary N) is 1. The molecule has 90 valence electrons. The van der Waals surface area contributed by atoms with E-state index in [1.165, 1.54) is 11.1 Å². The number of benzene rings is 1. The maximum atomic E-state index is 6.05. The Kier molecular flexibility index (Phi) is 3.74. The fourth-order valence-corrected chi connectivity index (χ4v) is 2.44. The molecule has 17 heavy (non-hydrogen) atoms. The third-order valence-corrected chi connectivity index (χ3v) is 3.47. The number of hydrogen-bond donors (Lipinski definition) is 1. The summed E-state index contributed by atoms with van der Waals surface area (Å²) in [5.74, 6) is 1.78. The molecule has 1 aromatic heterocycles. The summed E-state index contributed by atoms with van der Waals surface area (Å²) in [5, 5.41) is 4.33. The topological polar surface area (TPSA) is 43.8 Å². The van der Waals surface area contributed by atoms with Crippen molar-refractivity contribution in [2.75, 3.05) is 11.5 Å². The van der Waals surface area contributed by atoms with Gasteiger partial charge in [-0.25, -0.2) is 4.68 Å². The first-order chi connectivity index (χ1) is 8.20. The number of hydrogen-bond acceptors (Lipinski definition) is 3. The maximum absolute atomic E-state index is 6.05. The average molecular weight is 247 g/mol. The Morgan fingerprint density at radius 1 is 1.41 bits per heavy atom. The quantitative estimate of drug-likeness (QED) is 0.845. The van der Waals surface area contributed by atoms with Gasteiger partial charge >= 0.3 is 0 Å². The van der Waals surface area contributed by atoms with Crippen LogP contribution < -0.4 is 5.73 Å². The van der Waals surface area contributed by atoms with Crippen LogP contribution in [0.4, 0.5) is 5.82 Å². The number of anilines is 1. The number of aryl methyl sites for hydroxylation is 1. The van der Waals surface area contributed by atoms with E-state index in [0.29, 0.717) is 0 Å². The van der Waals surface area contributed by atoms with Gasteiger partial charge < -0.3 is 5.73 Å². The third-order valence-electron chi connectivity index (χ3n) is 2.56. The Morgan fingerprint density at radius 2 is 2.24 bits per heavy atom. The van der Waals surface area contributed by atoms with Crippen molar-refractivity contribution in [1.29, 1.82) is 0 Å². The van der Waals surface area contributed by atoms with Gasteiger partial charge in [-0.05, 0) is 18.2 Å². The number of aromatic nitrogens is 2. The van der Waals surface area contributed by atoms with Gasteiger partial charge in [0.15, 0.2) is 0 Å². The molecule has 0 fully saturated rings. The van der Waals surface area contributed by atoms with Gasteiger partial charge in [-0.2, -0.15) is 5.10 Å². The summed E-state index contributed by atoms with van der Waals surface area (Å²) >= 11 is 1.73. The van der Waals surface area contributed by atoms with E-state index in [4.69, 9.17) is 5.73 Å². The molecule has 1 heterocycles. The fraction of sp³-hybridized carbons (Fsp3) is 0.308. The highest BCUT2D eigenvalue weighted by Crippen LogP contribution is 2.24. The van der Waals surface area contributed by atoms with Crippen molar-refractivity contribution in [3.63, 3.8) is 0 Å². The maximum Gasteiger partial charge on any atom is 0.135 e. The standard InChI is InChI=1S/C13H17N3S/c1-3-17-12-8-15-16(13(12)14)9-11-6-4-5-10(2)7-11/h4-8H,3,9,14H2,1-2H3. The normalized spacial score (nSPS) is 10.7. The van der Waals surface area contributed by atoms with Crippen LogP contribution in [0, 0.1) is 6.92 Å². The predicted octanol–water partition coefficient (Wildman–Crippen LogP) is 2.93. The minimum absolute atomic E-state index is 0.734. The SMILES string of the molecule is CCSc1cnn(Cc2cccc(C)c2)c1N. The molecule has 3 nitrogen and oxygen atoms in total. The molecule has 2 rings (SSSR count). The molecule has 0 saturated heterocycles.